The Hall–Kier alpha value is -1.40. The highest BCUT2D eigenvalue weighted by Crippen LogP contribution is 2.35. The highest BCUT2D eigenvalue weighted by atomic mass is 32.1. The van der Waals surface area contributed by atoms with Gasteiger partial charge in [0, 0.05) is 4.88 Å². The van der Waals surface area contributed by atoms with E-state index in [2.05, 4.69) is 4.98 Å². The van der Waals surface area contributed by atoms with Gasteiger partial charge in [-0.2, -0.15) is 0 Å². The lowest BCUT2D eigenvalue weighted by atomic mass is 10.2. The zero-order chi connectivity index (χ0) is 13.3. The molecular formula is C12H14N2O2S2. The summed E-state index contributed by atoms with van der Waals surface area (Å²) in [5.74, 6) is -0.432. The smallest absolute Gasteiger partial charge is 0.359 e. The molecule has 0 radical (unpaired) electrons. The van der Waals surface area contributed by atoms with E-state index < -0.39 is 11.6 Å². The van der Waals surface area contributed by atoms with Crippen LogP contribution in [0.3, 0.4) is 0 Å². The molecule has 2 heterocycles. The maximum atomic E-state index is 12.1. The first-order valence-corrected chi connectivity index (χ1v) is 7.10. The van der Waals surface area contributed by atoms with Crippen molar-refractivity contribution in [3.8, 4) is 9.75 Å². The van der Waals surface area contributed by atoms with Gasteiger partial charge >= 0.3 is 5.97 Å². The van der Waals surface area contributed by atoms with Gasteiger partial charge in [-0.15, -0.1) is 11.3 Å². The summed E-state index contributed by atoms with van der Waals surface area (Å²) in [4.78, 5) is 17.9. The third-order valence-electron chi connectivity index (χ3n) is 1.98. The van der Waals surface area contributed by atoms with Crippen LogP contribution in [0, 0.1) is 0 Å². The third kappa shape index (κ3) is 2.88. The van der Waals surface area contributed by atoms with Crippen LogP contribution in [0.15, 0.2) is 17.5 Å². The molecule has 0 saturated carbocycles. The number of carbonyl (C=O) groups is 1. The molecule has 0 bridgehead atoms. The van der Waals surface area contributed by atoms with Gasteiger partial charge in [0.15, 0.2) is 10.8 Å². The Kier molecular flexibility index (Phi) is 3.41. The Balaban J connectivity index is 2.37. The predicted molar refractivity (Wildman–Crippen MR) is 75.0 cm³/mol. The van der Waals surface area contributed by atoms with E-state index in [1.54, 1.807) is 11.3 Å². The van der Waals surface area contributed by atoms with E-state index in [1.807, 2.05) is 38.3 Å². The van der Waals surface area contributed by atoms with E-state index in [0.717, 1.165) is 9.75 Å². The van der Waals surface area contributed by atoms with Crippen molar-refractivity contribution < 1.29 is 9.53 Å². The maximum absolute atomic E-state index is 12.1. The van der Waals surface area contributed by atoms with Crippen molar-refractivity contribution in [1.82, 2.24) is 4.98 Å². The molecule has 2 rings (SSSR count). The van der Waals surface area contributed by atoms with E-state index in [9.17, 15) is 4.79 Å². The maximum Gasteiger partial charge on any atom is 0.359 e. The molecule has 0 aliphatic heterocycles. The molecule has 0 amide bonds. The number of hydrogen-bond donors (Lipinski definition) is 1. The number of ether oxygens (including phenoxy) is 1. The molecule has 96 valence electrons. The number of nitrogen functional groups attached to an aromatic ring is 1. The van der Waals surface area contributed by atoms with Gasteiger partial charge in [0.1, 0.15) is 5.60 Å². The monoisotopic (exact) mass is 282 g/mol. The molecule has 0 aromatic carbocycles. The Labute approximate surface area is 113 Å². The fraction of sp³-hybridized carbons (Fsp3) is 0.333. The number of esters is 1. The van der Waals surface area contributed by atoms with Gasteiger partial charge in [-0.3, -0.25) is 0 Å². The van der Waals surface area contributed by atoms with Crippen LogP contribution in [0.25, 0.3) is 9.75 Å². The molecule has 2 N–H and O–H groups in total. The fourth-order valence-corrected chi connectivity index (χ4v) is 3.05. The third-order valence-corrected chi connectivity index (χ3v) is 3.92. The first-order valence-electron chi connectivity index (χ1n) is 5.40. The van der Waals surface area contributed by atoms with Gasteiger partial charge in [-0.25, -0.2) is 9.78 Å². The molecule has 6 heteroatoms. The Morgan fingerprint density at radius 1 is 1.44 bits per heavy atom. The first-order chi connectivity index (χ1) is 8.37. The number of thiophene rings is 1. The normalized spacial score (nSPS) is 11.5. The quantitative estimate of drug-likeness (QED) is 0.857. The lowest BCUT2D eigenvalue weighted by molar-refractivity contribution is 0.00648. The number of aromatic nitrogens is 1. The number of nitrogens with zero attached hydrogens (tertiary/aromatic N) is 1. The first kappa shape index (κ1) is 13.0. The van der Waals surface area contributed by atoms with Crippen LogP contribution in [-0.2, 0) is 4.74 Å². The number of carbonyl (C=O) groups excluding carboxylic acids is 1. The topological polar surface area (TPSA) is 65.2 Å². The predicted octanol–water partition coefficient (Wildman–Crippen LogP) is 3.41. The summed E-state index contributed by atoms with van der Waals surface area (Å²) in [6, 6.07) is 3.86. The second-order valence-electron chi connectivity index (χ2n) is 4.71. The summed E-state index contributed by atoms with van der Waals surface area (Å²) in [5, 5.41) is 2.32. The standard InChI is InChI=1S/C12H14N2O2S2/c1-12(2,3)16-10(15)8-9(18-11(13)14-8)7-5-4-6-17-7/h4-6H,1-3H3,(H2,13,14). The molecule has 0 spiro atoms. The molecule has 2 aromatic rings. The van der Waals surface area contributed by atoms with Crippen molar-refractivity contribution in [3.63, 3.8) is 0 Å². The van der Waals surface area contributed by atoms with Crippen molar-refractivity contribution in [2.45, 2.75) is 26.4 Å². The van der Waals surface area contributed by atoms with E-state index in [1.165, 1.54) is 11.3 Å². The van der Waals surface area contributed by atoms with Crippen molar-refractivity contribution in [1.29, 1.82) is 0 Å². The molecule has 0 aliphatic rings. The minimum absolute atomic E-state index is 0.301. The van der Waals surface area contributed by atoms with Crippen molar-refractivity contribution >= 4 is 33.8 Å². The van der Waals surface area contributed by atoms with Crippen LogP contribution in [-0.4, -0.2) is 16.6 Å². The highest BCUT2D eigenvalue weighted by Gasteiger charge is 2.24. The van der Waals surface area contributed by atoms with Gasteiger partial charge in [-0.1, -0.05) is 17.4 Å². The van der Waals surface area contributed by atoms with E-state index in [-0.39, 0.29) is 0 Å². The van der Waals surface area contributed by atoms with E-state index >= 15 is 0 Å². The molecule has 0 fully saturated rings. The molecule has 0 atom stereocenters. The van der Waals surface area contributed by atoms with Gasteiger partial charge < -0.3 is 10.5 Å². The van der Waals surface area contributed by atoms with Gasteiger partial charge in [-0.05, 0) is 32.2 Å². The average Bonchev–Trinajstić information content (AvgIpc) is 2.82. The van der Waals surface area contributed by atoms with Gasteiger partial charge in [0.25, 0.3) is 0 Å². The van der Waals surface area contributed by atoms with Crippen LogP contribution < -0.4 is 5.73 Å². The summed E-state index contributed by atoms with van der Waals surface area (Å²) >= 11 is 2.85. The molecule has 0 saturated heterocycles. The lowest BCUT2D eigenvalue weighted by Gasteiger charge is -2.18. The summed E-state index contributed by atoms with van der Waals surface area (Å²) in [6.45, 7) is 5.47. The molecule has 2 aromatic heterocycles. The average molecular weight is 282 g/mol. The number of nitrogens with two attached hydrogens (primary N) is 1. The summed E-state index contributed by atoms with van der Waals surface area (Å²) in [5.41, 5.74) is 5.45. The highest BCUT2D eigenvalue weighted by molar-refractivity contribution is 7.23. The van der Waals surface area contributed by atoms with Crippen LogP contribution >= 0.6 is 22.7 Å². The Bertz CT molecular complexity index is 553. The summed E-state index contributed by atoms with van der Waals surface area (Å²) in [6.07, 6.45) is 0. The second-order valence-corrected chi connectivity index (χ2v) is 6.69. The number of hydrogen-bond acceptors (Lipinski definition) is 6. The molecular weight excluding hydrogens is 268 g/mol. The zero-order valence-electron chi connectivity index (χ0n) is 10.4. The number of anilines is 1. The van der Waals surface area contributed by atoms with Crippen molar-refractivity contribution in [2.24, 2.45) is 0 Å². The SMILES string of the molecule is CC(C)(C)OC(=O)c1nc(N)sc1-c1cccs1. The van der Waals surface area contributed by atoms with Crippen LogP contribution in [0.1, 0.15) is 31.3 Å². The van der Waals surface area contributed by atoms with Crippen molar-refractivity contribution in [3.05, 3.63) is 23.2 Å². The number of rotatable bonds is 2. The van der Waals surface area contributed by atoms with Crippen LogP contribution in [0.4, 0.5) is 5.13 Å². The number of thiazole rings is 1. The van der Waals surface area contributed by atoms with E-state index in [4.69, 9.17) is 10.5 Å². The minimum atomic E-state index is -0.540. The second kappa shape index (κ2) is 4.70. The van der Waals surface area contributed by atoms with Crippen molar-refractivity contribution in [2.75, 3.05) is 5.73 Å². The molecule has 18 heavy (non-hydrogen) atoms. The molecule has 0 aliphatic carbocycles. The molecule has 4 nitrogen and oxygen atoms in total. The Morgan fingerprint density at radius 3 is 2.72 bits per heavy atom. The molecule has 0 unspecified atom stereocenters. The largest absolute Gasteiger partial charge is 0.455 e. The van der Waals surface area contributed by atoms with E-state index in [0.29, 0.717) is 10.8 Å². The summed E-state index contributed by atoms with van der Waals surface area (Å²) in [7, 11) is 0. The minimum Gasteiger partial charge on any atom is -0.455 e. The fourth-order valence-electron chi connectivity index (χ4n) is 1.38. The lowest BCUT2D eigenvalue weighted by Crippen LogP contribution is -2.24. The van der Waals surface area contributed by atoms with Crippen LogP contribution in [0.2, 0.25) is 0 Å². The van der Waals surface area contributed by atoms with Crippen LogP contribution in [0.5, 0.6) is 0 Å². The summed E-state index contributed by atoms with van der Waals surface area (Å²) < 4.78 is 5.33. The van der Waals surface area contributed by atoms with Gasteiger partial charge in [0.05, 0.1) is 4.88 Å². The Morgan fingerprint density at radius 2 is 2.17 bits per heavy atom. The van der Waals surface area contributed by atoms with Gasteiger partial charge in [0.2, 0.25) is 0 Å². The zero-order valence-corrected chi connectivity index (χ0v) is 12.0.